The highest BCUT2D eigenvalue weighted by molar-refractivity contribution is 6.15. The molecular weight excluding hydrogens is 454 g/mol. The Balaban J connectivity index is 1.59. The molecule has 6 nitrogen and oxygen atoms in total. The largest absolute Gasteiger partial charge is 0.508 e. The second kappa shape index (κ2) is 11.6. The van der Waals surface area contributed by atoms with Gasteiger partial charge in [-0.1, -0.05) is 50.5 Å². The molecule has 1 unspecified atom stereocenters. The smallest absolute Gasteiger partial charge is 0.224 e. The van der Waals surface area contributed by atoms with Gasteiger partial charge in [-0.25, -0.2) is 0 Å². The van der Waals surface area contributed by atoms with Crippen LogP contribution in [-0.2, 0) is 4.79 Å². The standard InChI is InChI=1S/C30H31NO5/c1-3-4-5-6-7-28(33)31-22-12-10-21(11-13-22)30-26(18-20-8-15-24(35-2)16-9-20)29(34)25-19-23(32)14-17-27(25)36-30/h8-19,30,32H,3-7H2,1-2H3,(H,31,33). The Morgan fingerprint density at radius 1 is 1.03 bits per heavy atom. The van der Waals surface area contributed by atoms with Crippen LogP contribution in [-0.4, -0.2) is 23.9 Å². The zero-order chi connectivity index (χ0) is 25.5. The molecule has 186 valence electrons. The second-order valence-corrected chi connectivity index (χ2v) is 8.86. The van der Waals surface area contributed by atoms with Crippen molar-refractivity contribution >= 4 is 23.5 Å². The highest BCUT2D eigenvalue weighted by atomic mass is 16.5. The molecule has 1 aliphatic rings. The molecule has 1 atom stereocenters. The van der Waals surface area contributed by atoms with Crippen LogP contribution in [0.15, 0.2) is 72.3 Å². The fourth-order valence-electron chi connectivity index (χ4n) is 4.21. The summed E-state index contributed by atoms with van der Waals surface area (Å²) in [7, 11) is 1.60. The molecule has 2 N–H and O–H groups in total. The zero-order valence-corrected chi connectivity index (χ0v) is 20.6. The number of amides is 1. The first-order valence-electron chi connectivity index (χ1n) is 12.3. The number of nitrogens with one attached hydrogen (secondary N) is 1. The number of ether oxygens (including phenoxy) is 2. The van der Waals surface area contributed by atoms with Gasteiger partial charge < -0.3 is 19.9 Å². The Hall–Kier alpha value is -4.06. The van der Waals surface area contributed by atoms with Crippen molar-refractivity contribution in [1.82, 2.24) is 0 Å². The average Bonchev–Trinajstić information content (AvgIpc) is 2.89. The molecule has 36 heavy (non-hydrogen) atoms. The number of methoxy groups -OCH3 is 1. The minimum atomic E-state index is -0.643. The van der Waals surface area contributed by atoms with E-state index >= 15 is 0 Å². The summed E-state index contributed by atoms with van der Waals surface area (Å²) >= 11 is 0. The minimum Gasteiger partial charge on any atom is -0.508 e. The molecular formula is C30H31NO5. The fourth-order valence-corrected chi connectivity index (χ4v) is 4.21. The maximum absolute atomic E-state index is 13.5. The number of fused-ring (bicyclic) bond motifs is 1. The first kappa shape index (κ1) is 25.0. The predicted octanol–water partition coefficient (Wildman–Crippen LogP) is 6.71. The van der Waals surface area contributed by atoms with Crippen LogP contribution < -0.4 is 14.8 Å². The second-order valence-electron chi connectivity index (χ2n) is 8.86. The Kier molecular flexibility index (Phi) is 8.06. The number of rotatable bonds is 9. The van der Waals surface area contributed by atoms with Gasteiger partial charge in [0.1, 0.15) is 17.2 Å². The van der Waals surface area contributed by atoms with Crippen LogP contribution in [0.5, 0.6) is 17.2 Å². The van der Waals surface area contributed by atoms with Crippen molar-refractivity contribution < 1.29 is 24.2 Å². The van der Waals surface area contributed by atoms with E-state index in [9.17, 15) is 14.7 Å². The number of Topliss-reactive ketones (excluding diaryl/α,β-unsaturated/α-hetero) is 1. The molecule has 0 saturated heterocycles. The number of benzene rings is 3. The van der Waals surface area contributed by atoms with Crippen LogP contribution in [0.2, 0.25) is 0 Å². The molecule has 0 fully saturated rings. The highest BCUT2D eigenvalue weighted by Gasteiger charge is 2.33. The Bertz CT molecular complexity index is 1250. The van der Waals surface area contributed by atoms with E-state index in [1.165, 1.54) is 12.1 Å². The minimum absolute atomic E-state index is 0.00253. The molecule has 0 bridgehead atoms. The van der Waals surface area contributed by atoms with Gasteiger partial charge in [0, 0.05) is 17.7 Å². The van der Waals surface area contributed by atoms with Crippen molar-refractivity contribution in [2.75, 3.05) is 12.4 Å². The molecule has 3 aromatic rings. The third kappa shape index (κ3) is 5.95. The summed E-state index contributed by atoms with van der Waals surface area (Å²) in [6, 6.07) is 19.3. The van der Waals surface area contributed by atoms with Crippen LogP contribution in [0.3, 0.4) is 0 Å². The average molecular weight is 486 g/mol. The lowest BCUT2D eigenvalue weighted by Crippen LogP contribution is -2.23. The van der Waals surface area contributed by atoms with Crippen molar-refractivity contribution in [1.29, 1.82) is 0 Å². The number of hydrogen-bond acceptors (Lipinski definition) is 5. The number of ketones is 1. The third-order valence-electron chi connectivity index (χ3n) is 6.19. The summed E-state index contributed by atoms with van der Waals surface area (Å²) in [5.74, 6) is 0.925. The highest BCUT2D eigenvalue weighted by Crippen LogP contribution is 2.40. The van der Waals surface area contributed by atoms with Gasteiger partial charge in [-0.05, 0) is 66.1 Å². The van der Waals surface area contributed by atoms with Gasteiger partial charge in [-0.2, -0.15) is 0 Å². The zero-order valence-electron chi connectivity index (χ0n) is 20.6. The van der Waals surface area contributed by atoms with E-state index in [4.69, 9.17) is 9.47 Å². The summed E-state index contributed by atoms with van der Waals surface area (Å²) in [5.41, 5.74) is 3.07. The summed E-state index contributed by atoms with van der Waals surface area (Å²) in [6.45, 7) is 2.14. The van der Waals surface area contributed by atoms with Crippen molar-refractivity contribution in [2.45, 2.75) is 45.1 Å². The van der Waals surface area contributed by atoms with E-state index in [0.717, 1.165) is 42.6 Å². The van der Waals surface area contributed by atoms with Gasteiger partial charge in [0.15, 0.2) is 11.9 Å². The Labute approximate surface area is 211 Å². The van der Waals surface area contributed by atoms with E-state index in [0.29, 0.717) is 29.0 Å². The van der Waals surface area contributed by atoms with E-state index in [1.54, 1.807) is 19.3 Å². The van der Waals surface area contributed by atoms with Gasteiger partial charge in [0.05, 0.1) is 12.7 Å². The first-order valence-corrected chi connectivity index (χ1v) is 12.3. The molecule has 0 aliphatic carbocycles. The molecule has 0 saturated carbocycles. The van der Waals surface area contributed by atoms with Gasteiger partial charge in [-0.3, -0.25) is 9.59 Å². The number of phenolic OH excluding ortho intramolecular Hbond substituents is 1. The predicted molar refractivity (Wildman–Crippen MR) is 141 cm³/mol. The number of carbonyl (C=O) groups is 2. The molecule has 4 rings (SSSR count). The summed E-state index contributed by atoms with van der Waals surface area (Å²) in [5, 5.41) is 12.9. The number of aromatic hydroxyl groups is 1. The monoisotopic (exact) mass is 485 g/mol. The summed E-state index contributed by atoms with van der Waals surface area (Å²) < 4.78 is 11.5. The van der Waals surface area contributed by atoms with Crippen LogP contribution >= 0.6 is 0 Å². The fraction of sp³-hybridized carbons (Fsp3) is 0.267. The van der Waals surface area contributed by atoms with Gasteiger partial charge in [0.2, 0.25) is 5.91 Å². The maximum atomic E-state index is 13.5. The molecule has 1 amide bonds. The SMILES string of the molecule is CCCCCCC(=O)Nc1ccc(C2Oc3ccc(O)cc3C(=O)C2=Cc2ccc(OC)cc2)cc1. The van der Waals surface area contributed by atoms with E-state index < -0.39 is 6.10 Å². The van der Waals surface area contributed by atoms with Crippen molar-refractivity contribution in [3.05, 3.63) is 89.0 Å². The Morgan fingerprint density at radius 3 is 2.47 bits per heavy atom. The maximum Gasteiger partial charge on any atom is 0.224 e. The van der Waals surface area contributed by atoms with Crippen LogP contribution in [0.1, 0.15) is 66.6 Å². The van der Waals surface area contributed by atoms with Gasteiger partial charge in [-0.15, -0.1) is 0 Å². The van der Waals surface area contributed by atoms with Crippen LogP contribution in [0, 0.1) is 0 Å². The summed E-state index contributed by atoms with van der Waals surface area (Å²) in [4.78, 5) is 25.8. The van der Waals surface area contributed by atoms with Crippen LogP contribution in [0.4, 0.5) is 5.69 Å². The molecule has 3 aromatic carbocycles. The number of anilines is 1. The van der Waals surface area contributed by atoms with E-state index in [2.05, 4.69) is 12.2 Å². The van der Waals surface area contributed by atoms with Crippen molar-refractivity contribution in [3.63, 3.8) is 0 Å². The van der Waals surface area contributed by atoms with Crippen molar-refractivity contribution in [3.8, 4) is 17.2 Å². The topological polar surface area (TPSA) is 84.9 Å². The van der Waals surface area contributed by atoms with Crippen LogP contribution in [0.25, 0.3) is 6.08 Å². The third-order valence-corrected chi connectivity index (χ3v) is 6.19. The normalized spacial score (nSPS) is 15.8. The molecule has 1 heterocycles. The van der Waals surface area contributed by atoms with E-state index in [1.807, 2.05) is 48.5 Å². The number of hydrogen-bond donors (Lipinski definition) is 2. The molecule has 6 heteroatoms. The number of unbranched alkanes of at least 4 members (excludes halogenated alkanes) is 3. The lowest BCUT2D eigenvalue weighted by molar-refractivity contribution is -0.116. The summed E-state index contributed by atoms with van der Waals surface area (Å²) in [6.07, 6.45) is 5.86. The molecule has 0 spiro atoms. The number of phenols is 1. The van der Waals surface area contributed by atoms with Gasteiger partial charge >= 0.3 is 0 Å². The van der Waals surface area contributed by atoms with Gasteiger partial charge in [0.25, 0.3) is 0 Å². The molecule has 1 aliphatic heterocycles. The quantitative estimate of drug-likeness (QED) is 0.260. The number of carbonyl (C=O) groups excluding carboxylic acids is 2. The first-order chi connectivity index (χ1) is 17.5. The lowest BCUT2D eigenvalue weighted by Gasteiger charge is -2.28. The van der Waals surface area contributed by atoms with E-state index in [-0.39, 0.29) is 17.4 Å². The van der Waals surface area contributed by atoms with Crippen molar-refractivity contribution in [2.24, 2.45) is 0 Å². The Morgan fingerprint density at radius 2 is 1.78 bits per heavy atom. The molecule has 0 aromatic heterocycles. The molecule has 0 radical (unpaired) electrons. The lowest BCUT2D eigenvalue weighted by atomic mass is 9.89.